The van der Waals surface area contributed by atoms with Gasteiger partial charge < -0.3 is 4.74 Å². The molecule has 0 amide bonds. The molecule has 1 aromatic rings. The molecule has 0 aliphatic heterocycles. The average molecular weight is 285 g/mol. The Bertz CT molecular complexity index is 566. The third kappa shape index (κ3) is 3.78. The maximum atomic E-state index is 12.3. The third-order valence-corrected chi connectivity index (χ3v) is 4.64. The van der Waals surface area contributed by atoms with Gasteiger partial charge in [0.15, 0.2) is 0 Å². The molecule has 0 unspecified atom stereocenters. The summed E-state index contributed by atoms with van der Waals surface area (Å²) in [6, 6.07) is 5.09. The SMILES string of the molecule is CCOC(=O)CN(C)S(=O)(=O)c1ccc(C)cc1C. The highest BCUT2D eigenvalue weighted by molar-refractivity contribution is 7.89. The predicted molar refractivity (Wildman–Crippen MR) is 72.4 cm³/mol. The molecule has 0 atom stereocenters. The van der Waals surface area contributed by atoms with Crippen LogP contribution < -0.4 is 0 Å². The lowest BCUT2D eigenvalue weighted by molar-refractivity contribution is -0.143. The zero-order chi connectivity index (χ0) is 14.6. The van der Waals surface area contributed by atoms with E-state index in [1.54, 1.807) is 32.0 Å². The van der Waals surface area contributed by atoms with Gasteiger partial charge in [-0.3, -0.25) is 4.79 Å². The van der Waals surface area contributed by atoms with Crippen LogP contribution in [0.15, 0.2) is 23.1 Å². The second-order valence-corrected chi connectivity index (χ2v) is 6.35. The molecule has 106 valence electrons. The van der Waals surface area contributed by atoms with Crippen LogP contribution in [0.2, 0.25) is 0 Å². The first-order valence-electron chi connectivity index (χ1n) is 5.98. The second kappa shape index (κ2) is 6.16. The van der Waals surface area contributed by atoms with Gasteiger partial charge >= 0.3 is 5.97 Å². The minimum atomic E-state index is -3.67. The van der Waals surface area contributed by atoms with E-state index in [1.165, 1.54) is 7.05 Å². The van der Waals surface area contributed by atoms with Gasteiger partial charge in [0.1, 0.15) is 6.54 Å². The zero-order valence-corrected chi connectivity index (χ0v) is 12.5. The fourth-order valence-electron chi connectivity index (χ4n) is 1.73. The van der Waals surface area contributed by atoms with Gasteiger partial charge in [-0.1, -0.05) is 17.7 Å². The number of esters is 1. The first kappa shape index (κ1) is 15.7. The quantitative estimate of drug-likeness (QED) is 0.769. The Hall–Kier alpha value is -1.40. The minimum absolute atomic E-state index is 0.213. The smallest absolute Gasteiger partial charge is 0.321 e. The molecule has 0 bridgehead atoms. The lowest BCUT2D eigenvalue weighted by atomic mass is 10.2. The average Bonchev–Trinajstić information content (AvgIpc) is 2.28. The first-order valence-corrected chi connectivity index (χ1v) is 7.42. The van der Waals surface area contributed by atoms with E-state index in [9.17, 15) is 13.2 Å². The minimum Gasteiger partial charge on any atom is -0.465 e. The largest absolute Gasteiger partial charge is 0.465 e. The molecule has 0 aliphatic carbocycles. The number of nitrogens with zero attached hydrogens (tertiary/aromatic N) is 1. The summed E-state index contributed by atoms with van der Waals surface area (Å²) in [5.41, 5.74) is 1.65. The van der Waals surface area contributed by atoms with Crippen molar-refractivity contribution >= 4 is 16.0 Å². The van der Waals surface area contributed by atoms with Gasteiger partial charge in [-0.15, -0.1) is 0 Å². The van der Waals surface area contributed by atoms with E-state index >= 15 is 0 Å². The Morgan fingerprint density at radius 2 is 1.95 bits per heavy atom. The number of sulfonamides is 1. The summed E-state index contributed by atoms with van der Waals surface area (Å²) in [5.74, 6) is -0.557. The fraction of sp³-hybridized carbons (Fsp3) is 0.462. The topological polar surface area (TPSA) is 63.7 Å². The third-order valence-electron chi connectivity index (χ3n) is 2.68. The molecule has 0 saturated carbocycles. The highest BCUT2D eigenvalue weighted by atomic mass is 32.2. The molecule has 0 N–H and O–H groups in total. The zero-order valence-electron chi connectivity index (χ0n) is 11.6. The monoisotopic (exact) mass is 285 g/mol. The molecule has 0 aromatic heterocycles. The number of ether oxygens (including phenoxy) is 1. The maximum Gasteiger partial charge on any atom is 0.321 e. The predicted octanol–water partition coefficient (Wildman–Crippen LogP) is 1.49. The van der Waals surface area contributed by atoms with Gasteiger partial charge in [0.2, 0.25) is 10.0 Å². The lowest BCUT2D eigenvalue weighted by Gasteiger charge is -2.17. The number of benzene rings is 1. The number of hydrogen-bond donors (Lipinski definition) is 0. The summed E-state index contributed by atoms with van der Waals surface area (Å²) in [6.07, 6.45) is 0. The van der Waals surface area contributed by atoms with E-state index in [0.717, 1.165) is 9.87 Å². The molecule has 0 heterocycles. The van der Waals surface area contributed by atoms with E-state index in [0.29, 0.717) is 5.56 Å². The van der Waals surface area contributed by atoms with E-state index in [2.05, 4.69) is 0 Å². The van der Waals surface area contributed by atoms with Crippen molar-refractivity contribution in [3.8, 4) is 0 Å². The van der Waals surface area contributed by atoms with E-state index in [4.69, 9.17) is 4.74 Å². The lowest BCUT2D eigenvalue weighted by Crippen LogP contribution is -2.33. The summed E-state index contributed by atoms with van der Waals surface area (Å²) in [4.78, 5) is 11.6. The van der Waals surface area contributed by atoms with Crippen LogP contribution in [-0.4, -0.2) is 38.9 Å². The number of carbonyl (C=O) groups is 1. The van der Waals surface area contributed by atoms with Gasteiger partial charge in [-0.25, -0.2) is 8.42 Å². The van der Waals surface area contributed by atoms with Crippen molar-refractivity contribution in [3.63, 3.8) is 0 Å². The number of carbonyl (C=O) groups excluding carboxylic acids is 1. The number of likely N-dealkylation sites (N-methyl/N-ethyl adjacent to an activating group) is 1. The van der Waals surface area contributed by atoms with Crippen molar-refractivity contribution in [3.05, 3.63) is 29.3 Å². The van der Waals surface area contributed by atoms with Crippen LogP contribution in [0.5, 0.6) is 0 Å². The molecule has 0 fully saturated rings. The van der Waals surface area contributed by atoms with Gasteiger partial charge in [0.05, 0.1) is 11.5 Å². The van der Waals surface area contributed by atoms with Crippen molar-refractivity contribution in [2.75, 3.05) is 20.2 Å². The van der Waals surface area contributed by atoms with Gasteiger partial charge in [-0.05, 0) is 32.4 Å². The highest BCUT2D eigenvalue weighted by Crippen LogP contribution is 2.19. The molecular formula is C13H19NO4S. The first-order chi connectivity index (χ1) is 8.78. The molecule has 0 radical (unpaired) electrons. The molecule has 0 saturated heterocycles. The molecule has 0 aliphatic rings. The standard InChI is InChI=1S/C13H19NO4S/c1-5-18-13(15)9-14(4)19(16,17)12-7-6-10(2)8-11(12)3/h6-8H,5,9H2,1-4H3. The highest BCUT2D eigenvalue weighted by Gasteiger charge is 2.24. The Morgan fingerprint density at radius 1 is 1.32 bits per heavy atom. The fourth-order valence-corrected chi connectivity index (χ4v) is 3.05. The Labute approximate surface area is 114 Å². The van der Waals surface area contributed by atoms with E-state index in [1.807, 2.05) is 6.92 Å². The van der Waals surface area contributed by atoms with Crippen molar-refractivity contribution < 1.29 is 17.9 Å². The summed E-state index contributed by atoms with van der Waals surface area (Å²) >= 11 is 0. The number of hydrogen-bond acceptors (Lipinski definition) is 4. The van der Waals surface area contributed by atoms with Crippen LogP contribution in [0, 0.1) is 13.8 Å². The van der Waals surface area contributed by atoms with Gasteiger partial charge in [-0.2, -0.15) is 4.31 Å². The van der Waals surface area contributed by atoms with Crippen molar-refractivity contribution in [2.45, 2.75) is 25.7 Å². The molecule has 19 heavy (non-hydrogen) atoms. The number of rotatable bonds is 5. The van der Waals surface area contributed by atoms with Crippen molar-refractivity contribution in [1.29, 1.82) is 0 Å². The second-order valence-electron chi connectivity index (χ2n) is 4.34. The van der Waals surface area contributed by atoms with Gasteiger partial charge in [0, 0.05) is 7.05 Å². The Morgan fingerprint density at radius 3 is 2.47 bits per heavy atom. The van der Waals surface area contributed by atoms with Crippen LogP contribution in [0.4, 0.5) is 0 Å². The molecule has 1 rings (SSSR count). The van der Waals surface area contributed by atoms with Crippen molar-refractivity contribution in [1.82, 2.24) is 4.31 Å². The van der Waals surface area contributed by atoms with Crippen LogP contribution >= 0.6 is 0 Å². The van der Waals surface area contributed by atoms with Crippen LogP contribution in [0.1, 0.15) is 18.1 Å². The number of aryl methyl sites for hydroxylation is 2. The van der Waals surface area contributed by atoms with E-state index in [-0.39, 0.29) is 18.0 Å². The van der Waals surface area contributed by atoms with Crippen LogP contribution in [0.3, 0.4) is 0 Å². The van der Waals surface area contributed by atoms with Crippen LogP contribution in [-0.2, 0) is 19.6 Å². The van der Waals surface area contributed by atoms with Crippen molar-refractivity contribution in [2.24, 2.45) is 0 Å². The van der Waals surface area contributed by atoms with Gasteiger partial charge in [0.25, 0.3) is 0 Å². The molecule has 5 nitrogen and oxygen atoms in total. The Balaban J connectivity index is 3.00. The van der Waals surface area contributed by atoms with Crippen LogP contribution in [0.25, 0.3) is 0 Å². The molecular weight excluding hydrogens is 266 g/mol. The summed E-state index contributed by atoms with van der Waals surface area (Å²) in [5, 5.41) is 0. The summed E-state index contributed by atoms with van der Waals surface area (Å²) in [7, 11) is -2.30. The van der Waals surface area contributed by atoms with E-state index < -0.39 is 16.0 Å². The maximum absolute atomic E-state index is 12.3. The molecule has 0 spiro atoms. The summed E-state index contributed by atoms with van der Waals surface area (Å²) in [6.45, 7) is 5.25. The molecule has 1 aromatic carbocycles. The normalized spacial score (nSPS) is 11.6. The summed E-state index contributed by atoms with van der Waals surface area (Å²) < 4.78 is 30.4. The molecule has 6 heteroatoms. The Kier molecular flexibility index (Phi) is 5.08.